The molecule has 0 aliphatic carbocycles. The number of alkyl halides is 1. The number of hydrogen-bond donors (Lipinski definition) is 2. The Morgan fingerprint density at radius 2 is 1.35 bits per heavy atom. The van der Waals surface area contributed by atoms with Crippen LogP contribution in [0.2, 0.25) is 0 Å². The minimum atomic E-state index is -4.46. The Morgan fingerprint density at radius 3 is 1.99 bits per heavy atom. The molecule has 0 atom stereocenters. The maximum absolute atomic E-state index is 13.4. The van der Waals surface area contributed by atoms with Gasteiger partial charge in [0.2, 0.25) is 11.6 Å². The maximum Gasteiger partial charge on any atom is 0.425 e. The summed E-state index contributed by atoms with van der Waals surface area (Å²) in [6, 6.07) is 44.8. The van der Waals surface area contributed by atoms with Gasteiger partial charge in [0.1, 0.15) is 23.8 Å². The van der Waals surface area contributed by atoms with E-state index in [9.17, 15) is 30.7 Å². The molecule has 1 amide bonds. The number of likely N-dealkylation sites (N-methyl/N-ethyl adjacent to an activating group) is 2. The summed E-state index contributed by atoms with van der Waals surface area (Å²) in [6.45, 7) is 14.6. The van der Waals surface area contributed by atoms with Crippen molar-refractivity contribution in [2.45, 2.75) is 94.3 Å². The van der Waals surface area contributed by atoms with E-state index >= 15 is 0 Å². The number of halogens is 1. The van der Waals surface area contributed by atoms with E-state index in [1.54, 1.807) is 23.1 Å². The highest BCUT2D eigenvalue weighted by Gasteiger charge is 2.46. The first-order chi connectivity index (χ1) is 40.4. The summed E-state index contributed by atoms with van der Waals surface area (Å²) in [4.78, 5) is 17.1. The van der Waals surface area contributed by atoms with Gasteiger partial charge in [-0.25, -0.2) is 0 Å². The van der Waals surface area contributed by atoms with Crippen molar-refractivity contribution in [3.05, 3.63) is 209 Å². The highest BCUT2D eigenvalue weighted by Crippen LogP contribution is 2.52. The molecule has 14 nitrogen and oxygen atoms in total. The van der Waals surface area contributed by atoms with E-state index < -0.39 is 41.7 Å². The molecule has 85 heavy (non-hydrogen) atoms. The standard InChI is InChI=1S/C67H70ClN3O8S2.O3S/c1-8-70-57-37-35-54-56(43-46(2)44-59(54)81(76,77)78)65(57)66(3,4)60(70)25-17-11-18-26-61-67(5,6)64-55-45-52(80(73,74)75)34-30-48(55)31-36-58(64)71(61)40-20-12-19-27-62(72)69(7)41-42-79-51-32-28-50(29-33-51)63(49-23-15-10-16-24-49)53(38-39-68)47-21-13-9-14-22-47;1-4(2)3/h9-11,13-18,21-26,28-37,43-45H,8,12,19-20,27,38-42H2,1-7H3,(H-,73,74,75,76,77,78);/p+1/b63-53-;. The van der Waals surface area contributed by atoms with Gasteiger partial charge in [0.25, 0.3) is 20.2 Å². The number of fused-ring (bicyclic) bond motifs is 6. The highest BCUT2D eigenvalue weighted by molar-refractivity contribution is 7.86. The molecule has 9 rings (SSSR count). The molecular weight excluding hydrogens is 1150 g/mol. The SMILES string of the molecule is CCN1C(=CC=CC=CC2=[N+](CCCCCC(=O)N(C)CCOc3ccc(/C(=C(/CCCl)c4ccccc4)c4ccccc4)cc3)c3ccc4ccc(S(=O)(=O)O)cc4c3C2(C)C)C(C)(C)c2c1ccc1c(S(=O)(=O)O)cc(C)cc21.O=S(=O)=O. The van der Waals surface area contributed by atoms with Crippen LogP contribution in [0.1, 0.15) is 100 Å². The van der Waals surface area contributed by atoms with Gasteiger partial charge in [0, 0.05) is 72.2 Å². The van der Waals surface area contributed by atoms with Crippen LogP contribution in [0.4, 0.5) is 11.4 Å². The van der Waals surface area contributed by atoms with Crippen LogP contribution >= 0.6 is 11.6 Å². The number of carbonyl (C=O) groups excluding carboxylic acids is 1. The number of hydrogen-bond acceptors (Lipinski definition) is 10. The molecule has 0 fully saturated rings. The van der Waals surface area contributed by atoms with Crippen molar-refractivity contribution in [1.82, 2.24) is 4.90 Å². The van der Waals surface area contributed by atoms with Gasteiger partial charge in [-0.15, -0.1) is 24.2 Å². The Balaban J connectivity index is 0.00000228. The molecule has 18 heteroatoms. The smallest absolute Gasteiger partial charge is 0.425 e. The molecule has 0 bridgehead atoms. The zero-order valence-corrected chi connectivity index (χ0v) is 52.0. The molecule has 444 valence electrons. The van der Waals surface area contributed by atoms with E-state index in [-0.39, 0.29) is 15.7 Å². The summed E-state index contributed by atoms with van der Waals surface area (Å²) >= 11 is 6.37. The van der Waals surface area contributed by atoms with Crippen molar-refractivity contribution in [1.29, 1.82) is 0 Å². The van der Waals surface area contributed by atoms with E-state index in [0.717, 1.165) is 96.5 Å². The average Bonchev–Trinajstić information content (AvgIpc) is 4.03. The predicted molar refractivity (Wildman–Crippen MR) is 339 cm³/mol. The molecule has 2 aliphatic rings. The topological polar surface area (TPSA) is 196 Å². The van der Waals surface area contributed by atoms with Crippen LogP contribution in [-0.2, 0) is 46.5 Å². The Bertz CT molecular complexity index is 4170. The third-order valence-electron chi connectivity index (χ3n) is 15.9. The molecule has 0 unspecified atom stereocenters. The summed E-state index contributed by atoms with van der Waals surface area (Å²) < 4.78 is 104. The predicted octanol–water partition coefficient (Wildman–Crippen LogP) is 13.7. The van der Waals surface area contributed by atoms with Crippen LogP contribution in [0.5, 0.6) is 5.75 Å². The number of unbranched alkanes of at least 4 members (excludes halogenated alkanes) is 2. The summed E-state index contributed by atoms with van der Waals surface area (Å²) in [5.41, 5.74) is 11.2. The lowest BCUT2D eigenvalue weighted by molar-refractivity contribution is -0.438. The second-order valence-corrected chi connectivity index (χ2v) is 25.8. The van der Waals surface area contributed by atoms with Crippen LogP contribution in [0.25, 0.3) is 32.7 Å². The fourth-order valence-electron chi connectivity index (χ4n) is 12.0. The van der Waals surface area contributed by atoms with E-state index in [0.29, 0.717) is 56.8 Å². The Labute approximate surface area is 505 Å². The molecule has 0 radical (unpaired) electrons. The monoisotopic (exact) mass is 1220 g/mol. The lowest BCUT2D eigenvalue weighted by Crippen LogP contribution is -2.30. The highest BCUT2D eigenvalue weighted by atomic mass is 35.5. The summed E-state index contributed by atoms with van der Waals surface area (Å²) in [5.74, 6) is 1.26. The lowest BCUT2D eigenvalue weighted by atomic mass is 9.79. The van der Waals surface area contributed by atoms with Gasteiger partial charge in [-0.05, 0) is 151 Å². The van der Waals surface area contributed by atoms with E-state index in [1.165, 1.54) is 17.7 Å². The van der Waals surface area contributed by atoms with E-state index in [1.807, 2.05) is 98.9 Å². The van der Waals surface area contributed by atoms with Gasteiger partial charge in [-0.3, -0.25) is 13.9 Å². The molecule has 7 aromatic rings. The van der Waals surface area contributed by atoms with Gasteiger partial charge in [0.05, 0.1) is 16.9 Å². The van der Waals surface area contributed by atoms with Crippen molar-refractivity contribution in [3.8, 4) is 5.75 Å². The number of allylic oxidation sites excluding steroid dienone is 7. The number of amides is 1. The van der Waals surface area contributed by atoms with Crippen molar-refractivity contribution in [2.24, 2.45) is 0 Å². The number of ether oxygens (including phenoxy) is 1. The van der Waals surface area contributed by atoms with Crippen molar-refractivity contribution in [2.75, 3.05) is 44.1 Å². The van der Waals surface area contributed by atoms with E-state index in [2.05, 4.69) is 98.7 Å². The molecule has 7 aromatic carbocycles. The molecular formula is C67H71ClN3O11S3+. The van der Waals surface area contributed by atoms with Crippen molar-refractivity contribution < 1.29 is 52.7 Å². The molecule has 0 saturated carbocycles. The average molecular weight is 1230 g/mol. The van der Waals surface area contributed by atoms with Crippen molar-refractivity contribution in [3.63, 3.8) is 0 Å². The van der Waals surface area contributed by atoms with Crippen LogP contribution in [0, 0.1) is 6.92 Å². The zero-order chi connectivity index (χ0) is 61.4. The molecule has 2 N–H and O–H groups in total. The fraction of sp³-hybridized carbons (Fsp3) is 0.284. The first kappa shape index (κ1) is 63.5. The van der Waals surface area contributed by atoms with Crippen LogP contribution in [0.3, 0.4) is 0 Å². The summed E-state index contributed by atoms with van der Waals surface area (Å²) in [6.07, 6.45) is 13.6. The number of anilines is 1. The quantitative estimate of drug-likeness (QED) is 0.0173. The Morgan fingerprint density at radius 1 is 0.706 bits per heavy atom. The van der Waals surface area contributed by atoms with Gasteiger partial charge in [0.15, 0.2) is 5.71 Å². The minimum absolute atomic E-state index is 0.0479. The summed E-state index contributed by atoms with van der Waals surface area (Å²) in [5, 5.41) is 2.87. The Hall–Kier alpha value is -7.51. The molecule has 0 spiro atoms. The molecule has 2 aliphatic heterocycles. The molecule has 0 aromatic heterocycles. The second-order valence-electron chi connectivity index (χ2n) is 22.2. The van der Waals surface area contributed by atoms with Gasteiger partial charge in [-0.2, -0.15) is 21.4 Å². The first-order valence-corrected chi connectivity index (χ1v) is 32.5. The number of nitrogens with zero attached hydrogens (tertiary/aromatic N) is 3. The third-order valence-corrected chi connectivity index (χ3v) is 17.8. The largest absolute Gasteiger partial charge is 0.492 e. The van der Waals surface area contributed by atoms with E-state index in [4.69, 9.17) is 29.0 Å². The van der Waals surface area contributed by atoms with Crippen LogP contribution in [0.15, 0.2) is 185 Å². The minimum Gasteiger partial charge on any atom is -0.492 e. The number of benzene rings is 7. The number of aryl methyl sites for hydroxylation is 1. The molecule has 0 saturated heterocycles. The maximum atomic E-state index is 13.4. The number of rotatable bonds is 21. The third kappa shape index (κ3) is 14.3. The Kier molecular flexibility index (Phi) is 20.0. The van der Waals surface area contributed by atoms with Gasteiger partial charge >= 0.3 is 10.6 Å². The van der Waals surface area contributed by atoms with Crippen LogP contribution in [-0.4, -0.2) is 98.8 Å². The fourth-order valence-corrected chi connectivity index (χ4v) is 13.5. The van der Waals surface area contributed by atoms with Crippen LogP contribution < -0.4 is 9.64 Å². The zero-order valence-electron chi connectivity index (χ0n) is 48.7. The van der Waals surface area contributed by atoms with Gasteiger partial charge in [-0.1, -0.05) is 123 Å². The summed E-state index contributed by atoms with van der Waals surface area (Å²) in [7, 11) is -10.2. The normalized spacial score (nSPS) is 15.3. The second kappa shape index (κ2) is 26.8. The first-order valence-electron chi connectivity index (χ1n) is 28.1. The number of carbonyl (C=O) groups is 1. The van der Waals surface area contributed by atoms with Gasteiger partial charge < -0.3 is 14.5 Å². The lowest BCUT2D eigenvalue weighted by Gasteiger charge is -2.26. The molecule has 2 heterocycles. The van der Waals surface area contributed by atoms with Crippen molar-refractivity contribution >= 4 is 98.1 Å².